The molecule has 1 aromatic carbocycles. The van der Waals surface area contributed by atoms with Gasteiger partial charge in [-0.3, -0.25) is 5.14 Å². The smallest absolute Gasteiger partial charge is 0.235 e. The average molecular weight is 250 g/mol. The molecule has 0 radical (unpaired) electrons. The molecule has 3 rings (SSSR count). The maximum atomic E-state index is 5.89. The van der Waals surface area contributed by atoms with Crippen LogP contribution < -0.4 is 14.8 Å². The topological polar surface area (TPSA) is 38.5 Å². The van der Waals surface area contributed by atoms with Crippen molar-refractivity contribution in [1.29, 1.82) is 0 Å². The van der Waals surface area contributed by atoms with Gasteiger partial charge in [-0.1, -0.05) is 31.4 Å². The van der Waals surface area contributed by atoms with Gasteiger partial charge in [-0.15, -0.1) is 0 Å². The van der Waals surface area contributed by atoms with E-state index in [4.69, 9.17) is 9.88 Å². The molecule has 1 aliphatic carbocycles. The molecule has 2 N–H and O–H groups in total. The highest BCUT2D eigenvalue weighted by molar-refractivity contribution is 7.97. The van der Waals surface area contributed by atoms with Gasteiger partial charge < -0.3 is 9.64 Å². The van der Waals surface area contributed by atoms with Crippen molar-refractivity contribution in [3.8, 4) is 5.75 Å². The number of nitrogens with two attached hydrogens (primary N) is 1. The van der Waals surface area contributed by atoms with Crippen LogP contribution in [0.25, 0.3) is 0 Å². The average Bonchev–Trinajstić information content (AvgIpc) is 2.78. The van der Waals surface area contributed by atoms with E-state index in [1.807, 2.05) is 12.1 Å². The van der Waals surface area contributed by atoms with Gasteiger partial charge in [0.2, 0.25) is 5.56 Å². The lowest BCUT2D eigenvalue weighted by Crippen LogP contribution is -2.42. The van der Waals surface area contributed by atoms with Crippen molar-refractivity contribution in [2.45, 2.75) is 43.7 Å². The molecule has 0 amide bonds. The Hall–Kier alpha value is -0.870. The van der Waals surface area contributed by atoms with Gasteiger partial charge in [0.25, 0.3) is 0 Å². The molecule has 0 bridgehead atoms. The number of anilines is 1. The van der Waals surface area contributed by atoms with Crippen LogP contribution in [-0.2, 0) is 0 Å². The molecule has 0 saturated heterocycles. The van der Waals surface area contributed by atoms with Crippen molar-refractivity contribution in [3.05, 3.63) is 24.3 Å². The molecule has 1 heterocycles. The van der Waals surface area contributed by atoms with Gasteiger partial charge in [0.1, 0.15) is 5.75 Å². The Morgan fingerprint density at radius 3 is 2.71 bits per heavy atom. The summed E-state index contributed by atoms with van der Waals surface area (Å²) >= 11 is 1.29. The van der Waals surface area contributed by atoms with E-state index in [1.54, 1.807) is 0 Å². The first-order valence-electron chi connectivity index (χ1n) is 6.30. The summed E-state index contributed by atoms with van der Waals surface area (Å²) in [6.07, 6.45) is 6.54. The Labute approximate surface area is 106 Å². The molecule has 4 heteroatoms. The second kappa shape index (κ2) is 4.78. The van der Waals surface area contributed by atoms with Gasteiger partial charge in [-0.2, -0.15) is 0 Å². The first-order valence-corrected chi connectivity index (χ1v) is 7.24. The fourth-order valence-electron chi connectivity index (χ4n) is 2.87. The molecule has 1 aromatic rings. The zero-order chi connectivity index (χ0) is 11.7. The molecular formula is C13H18N2OS. The van der Waals surface area contributed by atoms with E-state index in [2.05, 4.69) is 17.0 Å². The van der Waals surface area contributed by atoms with Crippen LogP contribution >= 0.6 is 11.9 Å². The monoisotopic (exact) mass is 250 g/mol. The van der Waals surface area contributed by atoms with Crippen LogP contribution in [0, 0.1) is 0 Å². The number of benzene rings is 1. The molecule has 1 unspecified atom stereocenters. The summed E-state index contributed by atoms with van der Waals surface area (Å²) in [7, 11) is 0. The highest BCUT2D eigenvalue weighted by Gasteiger charge is 2.35. The first-order chi connectivity index (χ1) is 8.40. The Morgan fingerprint density at radius 1 is 1.18 bits per heavy atom. The van der Waals surface area contributed by atoms with Crippen LogP contribution in [0.2, 0.25) is 0 Å². The van der Waals surface area contributed by atoms with Crippen LogP contribution in [-0.4, -0.2) is 11.6 Å². The van der Waals surface area contributed by atoms with E-state index < -0.39 is 0 Å². The number of fused-ring (bicyclic) bond motifs is 1. The fourth-order valence-corrected chi connectivity index (χ4v) is 3.45. The van der Waals surface area contributed by atoms with Gasteiger partial charge in [0.15, 0.2) is 0 Å². The minimum atomic E-state index is -0.0458. The van der Waals surface area contributed by atoms with E-state index in [9.17, 15) is 0 Å². The largest absolute Gasteiger partial charge is 0.458 e. The highest BCUT2D eigenvalue weighted by Crippen LogP contribution is 2.42. The number of nitrogens with zero attached hydrogens (tertiary/aromatic N) is 1. The number of rotatable bonds is 2. The summed E-state index contributed by atoms with van der Waals surface area (Å²) in [4.78, 5) is 2.37. The van der Waals surface area contributed by atoms with E-state index >= 15 is 0 Å². The molecule has 0 spiro atoms. The van der Waals surface area contributed by atoms with Crippen molar-refractivity contribution >= 4 is 17.6 Å². The van der Waals surface area contributed by atoms with Gasteiger partial charge in [0.05, 0.1) is 5.69 Å². The summed E-state index contributed by atoms with van der Waals surface area (Å²) in [6, 6.07) is 8.85. The third-order valence-corrected chi connectivity index (χ3v) is 4.24. The summed E-state index contributed by atoms with van der Waals surface area (Å²) in [5, 5.41) is 5.76. The first kappa shape index (κ1) is 11.2. The summed E-state index contributed by atoms with van der Waals surface area (Å²) in [6.45, 7) is 0. The second-order valence-electron chi connectivity index (χ2n) is 4.73. The number of hydrogen-bond donors (Lipinski definition) is 1. The van der Waals surface area contributed by atoms with Crippen molar-refractivity contribution in [1.82, 2.24) is 0 Å². The normalized spacial score (nSPS) is 24.5. The third-order valence-electron chi connectivity index (χ3n) is 3.68. The van der Waals surface area contributed by atoms with Gasteiger partial charge >= 0.3 is 0 Å². The third kappa shape index (κ3) is 2.00. The summed E-state index contributed by atoms with van der Waals surface area (Å²) in [5.74, 6) is 0.973. The van der Waals surface area contributed by atoms with E-state index in [-0.39, 0.29) is 5.56 Å². The molecule has 92 valence electrons. The molecular weight excluding hydrogens is 232 g/mol. The lowest BCUT2D eigenvalue weighted by molar-refractivity contribution is 0.283. The molecule has 1 aliphatic heterocycles. The van der Waals surface area contributed by atoms with Gasteiger partial charge in [0, 0.05) is 6.04 Å². The van der Waals surface area contributed by atoms with Crippen LogP contribution in [0.5, 0.6) is 5.75 Å². The zero-order valence-electron chi connectivity index (χ0n) is 9.84. The van der Waals surface area contributed by atoms with Gasteiger partial charge in [-0.25, -0.2) is 0 Å². The SMILES string of the molecule is NSC1Oc2ccccc2N1C1CCCCC1. The summed E-state index contributed by atoms with van der Waals surface area (Å²) < 4.78 is 5.89. The maximum Gasteiger partial charge on any atom is 0.235 e. The zero-order valence-corrected chi connectivity index (χ0v) is 10.7. The molecule has 1 fully saturated rings. The minimum Gasteiger partial charge on any atom is -0.458 e. The van der Waals surface area contributed by atoms with Crippen molar-refractivity contribution in [2.24, 2.45) is 5.14 Å². The molecule has 2 aliphatic rings. The van der Waals surface area contributed by atoms with Crippen molar-refractivity contribution in [3.63, 3.8) is 0 Å². The van der Waals surface area contributed by atoms with Crippen molar-refractivity contribution in [2.75, 3.05) is 4.90 Å². The maximum absolute atomic E-state index is 5.89. The van der Waals surface area contributed by atoms with E-state index in [1.165, 1.54) is 49.7 Å². The fraction of sp³-hybridized carbons (Fsp3) is 0.538. The van der Waals surface area contributed by atoms with Crippen LogP contribution in [0.3, 0.4) is 0 Å². The van der Waals surface area contributed by atoms with Crippen LogP contribution in [0.1, 0.15) is 32.1 Å². The van der Waals surface area contributed by atoms with Crippen molar-refractivity contribution < 1.29 is 4.74 Å². The lowest BCUT2D eigenvalue weighted by Gasteiger charge is -2.34. The van der Waals surface area contributed by atoms with E-state index in [0.29, 0.717) is 6.04 Å². The predicted octanol–water partition coefficient (Wildman–Crippen LogP) is 3.11. The van der Waals surface area contributed by atoms with Crippen LogP contribution in [0.15, 0.2) is 24.3 Å². The quantitative estimate of drug-likeness (QED) is 0.819. The Kier molecular flexibility index (Phi) is 3.16. The molecule has 1 saturated carbocycles. The Morgan fingerprint density at radius 2 is 1.94 bits per heavy atom. The summed E-state index contributed by atoms with van der Waals surface area (Å²) in [5.41, 5.74) is 1.16. The number of hydrogen-bond acceptors (Lipinski definition) is 4. The molecule has 3 nitrogen and oxygen atoms in total. The highest BCUT2D eigenvalue weighted by atomic mass is 32.2. The number of ether oxygens (including phenoxy) is 1. The second-order valence-corrected chi connectivity index (χ2v) is 5.40. The van der Waals surface area contributed by atoms with E-state index in [0.717, 1.165) is 5.75 Å². The Bertz CT molecular complexity index is 393. The molecule has 0 aromatic heterocycles. The predicted molar refractivity (Wildman–Crippen MR) is 72.0 cm³/mol. The minimum absolute atomic E-state index is 0.0458. The lowest BCUT2D eigenvalue weighted by atomic mass is 9.94. The van der Waals surface area contributed by atoms with Gasteiger partial charge in [-0.05, 0) is 36.9 Å². The number of para-hydroxylation sites is 2. The molecule has 17 heavy (non-hydrogen) atoms. The molecule has 1 atom stereocenters. The standard InChI is InChI=1S/C13H18N2OS/c14-17-13-15(10-6-2-1-3-7-10)11-8-4-5-9-12(11)16-13/h4-5,8-10,13H,1-3,6-7,14H2. The van der Waals surface area contributed by atoms with Crippen LogP contribution in [0.4, 0.5) is 5.69 Å². The Balaban J connectivity index is 1.89.